The molecule has 0 aliphatic carbocycles. The number of benzene rings is 2. The molecule has 2 aromatic carbocycles. The van der Waals surface area contributed by atoms with Crippen molar-refractivity contribution in [2.45, 2.75) is 18.9 Å². The van der Waals surface area contributed by atoms with Crippen molar-refractivity contribution >= 4 is 17.5 Å². The van der Waals surface area contributed by atoms with Crippen LogP contribution in [0.3, 0.4) is 0 Å². The van der Waals surface area contributed by atoms with Gasteiger partial charge in [0.05, 0.1) is 6.33 Å². The number of anilines is 1. The number of carbonyl (C=O) groups is 2. The Morgan fingerprint density at radius 1 is 1.11 bits per heavy atom. The zero-order valence-electron chi connectivity index (χ0n) is 14.8. The highest BCUT2D eigenvalue weighted by Gasteiger charge is 2.38. The summed E-state index contributed by atoms with van der Waals surface area (Å²) in [6.45, 7) is 0.487. The summed E-state index contributed by atoms with van der Waals surface area (Å²) >= 11 is 0. The molecule has 0 saturated heterocycles. The Kier molecular flexibility index (Phi) is 4.70. The lowest BCUT2D eigenvalue weighted by Crippen LogP contribution is -2.48. The molecule has 6 heteroatoms. The van der Waals surface area contributed by atoms with Gasteiger partial charge in [0.2, 0.25) is 5.91 Å². The van der Waals surface area contributed by atoms with Crippen LogP contribution < -0.4 is 10.2 Å². The van der Waals surface area contributed by atoms with Gasteiger partial charge in [-0.05, 0) is 23.8 Å². The number of amides is 2. The Morgan fingerprint density at radius 3 is 2.67 bits per heavy atom. The van der Waals surface area contributed by atoms with E-state index in [1.165, 1.54) is 0 Å². The van der Waals surface area contributed by atoms with E-state index in [0.29, 0.717) is 24.9 Å². The molecule has 2 N–H and O–H groups in total. The molecule has 1 aromatic heterocycles. The van der Waals surface area contributed by atoms with Crippen molar-refractivity contribution in [1.29, 1.82) is 0 Å². The number of fused-ring (bicyclic) bond motifs is 1. The number of hydrogen-bond donors (Lipinski definition) is 2. The topological polar surface area (TPSA) is 78.1 Å². The highest BCUT2D eigenvalue weighted by atomic mass is 16.2. The summed E-state index contributed by atoms with van der Waals surface area (Å²) in [7, 11) is 0. The smallest absolute Gasteiger partial charge is 0.259 e. The average molecular weight is 360 g/mol. The van der Waals surface area contributed by atoms with E-state index in [9.17, 15) is 9.59 Å². The first-order chi connectivity index (χ1) is 13.2. The Labute approximate surface area is 157 Å². The third kappa shape index (κ3) is 3.46. The van der Waals surface area contributed by atoms with Gasteiger partial charge in [-0.15, -0.1) is 0 Å². The van der Waals surface area contributed by atoms with E-state index < -0.39 is 6.04 Å². The number of rotatable bonds is 5. The highest BCUT2D eigenvalue weighted by molar-refractivity contribution is 6.11. The normalized spacial score (nSPS) is 15.4. The van der Waals surface area contributed by atoms with Crippen LogP contribution in [0, 0.1) is 0 Å². The van der Waals surface area contributed by atoms with E-state index in [-0.39, 0.29) is 11.8 Å². The molecule has 0 bridgehead atoms. The van der Waals surface area contributed by atoms with Crippen LogP contribution in [0.15, 0.2) is 67.1 Å². The monoisotopic (exact) mass is 360 g/mol. The maximum atomic E-state index is 13.1. The zero-order chi connectivity index (χ0) is 18.6. The molecule has 0 spiro atoms. The molecule has 136 valence electrons. The summed E-state index contributed by atoms with van der Waals surface area (Å²) in [4.78, 5) is 34.6. The van der Waals surface area contributed by atoms with Crippen LogP contribution in [-0.2, 0) is 17.6 Å². The van der Waals surface area contributed by atoms with Gasteiger partial charge in [0.1, 0.15) is 6.04 Å². The van der Waals surface area contributed by atoms with Gasteiger partial charge in [0.25, 0.3) is 5.91 Å². The van der Waals surface area contributed by atoms with E-state index in [1.54, 1.807) is 29.6 Å². The molecule has 2 amide bonds. The molecule has 4 rings (SSSR count). The number of nitrogens with one attached hydrogen (secondary N) is 2. The molecule has 0 fully saturated rings. The van der Waals surface area contributed by atoms with E-state index >= 15 is 0 Å². The number of aromatic amines is 1. The number of hydrogen-bond acceptors (Lipinski definition) is 3. The largest absolute Gasteiger partial charge is 0.354 e. The number of nitrogens with zero attached hydrogens (tertiary/aromatic N) is 2. The number of para-hydroxylation sites is 1. The second-order valence-electron chi connectivity index (χ2n) is 6.51. The minimum Gasteiger partial charge on any atom is -0.354 e. The number of H-pyrrole nitrogens is 1. The van der Waals surface area contributed by atoms with Crippen molar-refractivity contribution in [1.82, 2.24) is 15.3 Å². The van der Waals surface area contributed by atoms with Crippen LogP contribution >= 0.6 is 0 Å². The van der Waals surface area contributed by atoms with Crippen molar-refractivity contribution in [3.8, 4) is 0 Å². The Bertz CT molecular complexity index is 938. The van der Waals surface area contributed by atoms with E-state index in [4.69, 9.17) is 0 Å². The third-order valence-corrected chi connectivity index (χ3v) is 4.77. The Morgan fingerprint density at radius 2 is 1.89 bits per heavy atom. The lowest BCUT2D eigenvalue weighted by Gasteiger charge is -2.25. The lowest BCUT2D eigenvalue weighted by molar-refractivity contribution is -0.122. The second kappa shape index (κ2) is 7.45. The first kappa shape index (κ1) is 17.0. The summed E-state index contributed by atoms with van der Waals surface area (Å²) in [6.07, 6.45) is 4.54. The summed E-state index contributed by atoms with van der Waals surface area (Å²) in [5.74, 6) is -0.302. The van der Waals surface area contributed by atoms with Crippen molar-refractivity contribution in [2.75, 3.05) is 11.4 Å². The van der Waals surface area contributed by atoms with Gasteiger partial charge in [-0.1, -0.05) is 36.4 Å². The first-order valence-electron chi connectivity index (χ1n) is 8.95. The summed E-state index contributed by atoms with van der Waals surface area (Å²) < 4.78 is 0. The van der Waals surface area contributed by atoms with Crippen LogP contribution in [0.5, 0.6) is 0 Å². The summed E-state index contributed by atoms with van der Waals surface area (Å²) in [5, 5.41) is 2.95. The Balaban J connectivity index is 1.53. The fraction of sp³-hybridized carbons (Fsp3) is 0.190. The molecule has 1 atom stereocenters. The predicted octanol–water partition coefficient (Wildman–Crippen LogP) is 2.34. The molecule has 1 aliphatic rings. The van der Waals surface area contributed by atoms with Crippen LogP contribution in [0.1, 0.15) is 21.6 Å². The molecule has 0 saturated carbocycles. The fourth-order valence-corrected chi connectivity index (χ4v) is 3.43. The Hall–Kier alpha value is -3.41. The van der Waals surface area contributed by atoms with Crippen molar-refractivity contribution in [2.24, 2.45) is 0 Å². The molecule has 3 aromatic rings. The molecule has 27 heavy (non-hydrogen) atoms. The van der Waals surface area contributed by atoms with E-state index in [1.807, 2.05) is 42.5 Å². The van der Waals surface area contributed by atoms with Gasteiger partial charge in [0.15, 0.2) is 0 Å². The van der Waals surface area contributed by atoms with Gasteiger partial charge in [0, 0.05) is 42.5 Å². The minimum atomic E-state index is -0.545. The van der Waals surface area contributed by atoms with Crippen LogP contribution in [0.2, 0.25) is 0 Å². The predicted molar refractivity (Wildman–Crippen MR) is 102 cm³/mol. The van der Waals surface area contributed by atoms with Gasteiger partial charge in [-0.3, -0.25) is 14.5 Å². The summed E-state index contributed by atoms with van der Waals surface area (Å²) in [5.41, 5.74) is 3.35. The summed E-state index contributed by atoms with van der Waals surface area (Å²) in [6, 6.07) is 16.2. The molecule has 6 nitrogen and oxygen atoms in total. The van der Waals surface area contributed by atoms with Gasteiger partial charge < -0.3 is 10.3 Å². The second-order valence-corrected chi connectivity index (χ2v) is 6.51. The lowest BCUT2D eigenvalue weighted by atomic mass is 10.1. The maximum absolute atomic E-state index is 13.1. The van der Waals surface area contributed by atoms with Crippen LogP contribution in [-0.4, -0.2) is 34.4 Å². The minimum absolute atomic E-state index is 0.144. The number of aromatic nitrogens is 2. The standard InChI is InChI=1S/C21H20N4O2/c26-20(23-11-10-17-13-22-14-24-17)19-12-16-8-4-5-9-18(16)25(19)21(27)15-6-2-1-3-7-15/h1-9,13-14,19H,10-12H2,(H,22,24)(H,23,26). The molecular formula is C21H20N4O2. The van der Waals surface area contributed by atoms with E-state index in [2.05, 4.69) is 15.3 Å². The molecule has 1 unspecified atom stereocenters. The van der Waals surface area contributed by atoms with Crippen LogP contribution in [0.4, 0.5) is 5.69 Å². The van der Waals surface area contributed by atoms with Crippen molar-refractivity contribution in [3.05, 3.63) is 83.9 Å². The molecular weight excluding hydrogens is 340 g/mol. The van der Waals surface area contributed by atoms with E-state index in [0.717, 1.165) is 16.9 Å². The average Bonchev–Trinajstić information content (AvgIpc) is 3.35. The fourth-order valence-electron chi connectivity index (χ4n) is 3.43. The molecule has 2 heterocycles. The van der Waals surface area contributed by atoms with Crippen molar-refractivity contribution < 1.29 is 9.59 Å². The third-order valence-electron chi connectivity index (χ3n) is 4.77. The zero-order valence-corrected chi connectivity index (χ0v) is 14.8. The van der Waals surface area contributed by atoms with Crippen molar-refractivity contribution in [3.63, 3.8) is 0 Å². The van der Waals surface area contributed by atoms with Gasteiger partial charge >= 0.3 is 0 Å². The van der Waals surface area contributed by atoms with Crippen LogP contribution in [0.25, 0.3) is 0 Å². The highest BCUT2D eigenvalue weighted by Crippen LogP contribution is 2.33. The quantitative estimate of drug-likeness (QED) is 0.733. The number of imidazole rings is 1. The number of carbonyl (C=O) groups excluding carboxylic acids is 2. The van der Waals surface area contributed by atoms with Gasteiger partial charge in [-0.2, -0.15) is 0 Å². The maximum Gasteiger partial charge on any atom is 0.259 e. The SMILES string of the molecule is O=C(NCCc1cnc[nH]1)C1Cc2ccccc2N1C(=O)c1ccccc1. The van der Waals surface area contributed by atoms with Gasteiger partial charge in [-0.25, -0.2) is 4.98 Å². The molecule has 0 radical (unpaired) electrons. The molecule has 1 aliphatic heterocycles. The first-order valence-corrected chi connectivity index (χ1v) is 8.95.